The number of furan rings is 1. The van der Waals surface area contributed by atoms with Gasteiger partial charge < -0.3 is 24.8 Å². The van der Waals surface area contributed by atoms with Crippen molar-refractivity contribution >= 4 is 41.5 Å². The summed E-state index contributed by atoms with van der Waals surface area (Å²) in [5.74, 6) is 1.22. The van der Waals surface area contributed by atoms with Crippen LogP contribution in [0.2, 0.25) is 0 Å². The van der Waals surface area contributed by atoms with Crippen molar-refractivity contribution < 1.29 is 13.6 Å². The van der Waals surface area contributed by atoms with Crippen molar-refractivity contribution in [3.8, 4) is 11.5 Å². The number of nitrogens with one attached hydrogen (secondary N) is 3. The van der Waals surface area contributed by atoms with Crippen molar-refractivity contribution in [2.75, 3.05) is 11.9 Å². The molecule has 2 aromatic heterocycles. The van der Waals surface area contributed by atoms with Crippen molar-refractivity contribution in [2.45, 2.75) is 20.0 Å². The Morgan fingerprint density at radius 3 is 2.62 bits per heavy atom. The van der Waals surface area contributed by atoms with E-state index in [1.165, 1.54) is 6.26 Å². The average molecular weight is 571 g/mol. The van der Waals surface area contributed by atoms with Gasteiger partial charge in [-0.3, -0.25) is 4.79 Å². The number of nitrogens with zero attached hydrogens (tertiary/aromatic N) is 2. The molecule has 0 spiro atoms. The second-order valence-electron chi connectivity index (χ2n) is 7.19. The molecule has 8 nitrogen and oxygen atoms in total. The molecule has 0 radical (unpaired) electrons. The summed E-state index contributed by atoms with van der Waals surface area (Å²) in [7, 11) is 0. The SMILES string of the molecule is CCNC(=NCc1cccc(NC(=O)c2ccco2)c1)NCc1coc(-c2ccccc2)n1.I. The summed E-state index contributed by atoms with van der Waals surface area (Å²) in [6.45, 7) is 3.64. The first kappa shape index (κ1) is 25.0. The fourth-order valence-corrected chi connectivity index (χ4v) is 3.14. The minimum atomic E-state index is -0.293. The van der Waals surface area contributed by atoms with Gasteiger partial charge in [-0.25, -0.2) is 9.98 Å². The number of rotatable bonds is 8. The predicted molar refractivity (Wildman–Crippen MR) is 142 cm³/mol. The van der Waals surface area contributed by atoms with Gasteiger partial charge in [-0.15, -0.1) is 24.0 Å². The van der Waals surface area contributed by atoms with E-state index >= 15 is 0 Å². The van der Waals surface area contributed by atoms with Gasteiger partial charge >= 0.3 is 0 Å². The third-order valence-electron chi connectivity index (χ3n) is 4.70. The van der Waals surface area contributed by atoms with Gasteiger partial charge in [0.05, 0.1) is 25.0 Å². The zero-order valence-corrected chi connectivity index (χ0v) is 21.0. The van der Waals surface area contributed by atoms with E-state index in [2.05, 4.69) is 25.9 Å². The van der Waals surface area contributed by atoms with Gasteiger partial charge in [-0.2, -0.15) is 0 Å². The van der Waals surface area contributed by atoms with Gasteiger partial charge in [0.25, 0.3) is 5.91 Å². The quantitative estimate of drug-likeness (QED) is 0.155. The Hall–Kier alpha value is -3.60. The minimum Gasteiger partial charge on any atom is -0.459 e. The number of guanidine groups is 1. The zero-order valence-electron chi connectivity index (χ0n) is 18.7. The third-order valence-corrected chi connectivity index (χ3v) is 4.70. The Morgan fingerprint density at radius 2 is 1.85 bits per heavy atom. The van der Waals surface area contributed by atoms with Crippen molar-refractivity contribution in [1.82, 2.24) is 15.6 Å². The van der Waals surface area contributed by atoms with Crippen LogP contribution in [0.3, 0.4) is 0 Å². The number of anilines is 1. The van der Waals surface area contributed by atoms with Gasteiger partial charge in [0.15, 0.2) is 11.7 Å². The van der Waals surface area contributed by atoms with Crippen LogP contribution in [0.25, 0.3) is 11.5 Å². The number of benzene rings is 2. The average Bonchev–Trinajstić information content (AvgIpc) is 3.54. The number of hydrogen-bond donors (Lipinski definition) is 3. The van der Waals surface area contributed by atoms with E-state index in [9.17, 15) is 4.79 Å². The van der Waals surface area contributed by atoms with Crippen LogP contribution < -0.4 is 16.0 Å². The molecule has 0 unspecified atom stereocenters. The number of oxazole rings is 1. The number of halogens is 1. The smallest absolute Gasteiger partial charge is 0.291 e. The number of carbonyl (C=O) groups is 1. The number of amides is 1. The monoisotopic (exact) mass is 571 g/mol. The van der Waals surface area contributed by atoms with E-state index in [1.54, 1.807) is 18.4 Å². The fourth-order valence-electron chi connectivity index (χ4n) is 3.14. The van der Waals surface area contributed by atoms with Crippen LogP contribution in [-0.2, 0) is 13.1 Å². The van der Waals surface area contributed by atoms with Crippen molar-refractivity contribution in [2.24, 2.45) is 4.99 Å². The Morgan fingerprint density at radius 1 is 1.00 bits per heavy atom. The maximum atomic E-state index is 12.2. The molecule has 0 saturated heterocycles. The molecule has 0 aliphatic rings. The summed E-state index contributed by atoms with van der Waals surface area (Å²) in [6, 6.07) is 20.6. The van der Waals surface area contributed by atoms with Gasteiger partial charge in [-0.1, -0.05) is 30.3 Å². The lowest BCUT2D eigenvalue weighted by atomic mass is 10.2. The third kappa shape index (κ3) is 6.95. The van der Waals surface area contributed by atoms with Crippen LogP contribution in [0, 0.1) is 0 Å². The van der Waals surface area contributed by atoms with E-state index in [1.807, 2.05) is 61.5 Å². The van der Waals surface area contributed by atoms with E-state index in [0.717, 1.165) is 23.4 Å². The maximum absolute atomic E-state index is 12.2. The highest BCUT2D eigenvalue weighted by molar-refractivity contribution is 14.0. The molecular formula is C25H26IN5O3. The lowest BCUT2D eigenvalue weighted by molar-refractivity contribution is 0.0996. The molecular weight excluding hydrogens is 545 g/mol. The first-order valence-corrected chi connectivity index (χ1v) is 10.7. The lowest BCUT2D eigenvalue weighted by Crippen LogP contribution is -2.36. The highest BCUT2D eigenvalue weighted by Gasteiger charge is 2.09. The van der Waals surface area contributed by atoms with Crippen LogP contribution in [-0.4, -0.2) is 23.4 Å². The summed E-state index contributed by atoms with van der Waals surface area (Å²) in [4.78, 5) is 21.4. The molecule has 0 fully saturated rings. The molecule has 0 aliphatic heterocycles. The molecule has 1 amide bonds. The first-order valence-electron chi connectivity index (χ1n) is 10.7. The van der Waals surface area contributed by atoms with Gasteiger partial charge in [0.1, 0.15) is 6.26 Å². The summed E-state index contributed by atoms with van der Waals surface area (Å²) < 4.78 is 10.7. The molecule has 176 valence electrons. The Labute approximate surface area is 214 Å². The molecule has 4 rings (SSSR count). The topological polar surface area (TPSA) is 105 Å². The second-order valence-corrected chi connectivity index (χ2v) is 7.19. The normalized spacial score (nSPS) is 10.9. The molecule has 4 aromatic rings. The van der Waals surface area contributed by atoms with Crippen molar-refractivity contribution in [1.29, 1.82) is 0 Å². The molecule has 9 heteroatoms. The van der Waals surface area contributed by atoms with E-state index < -0.39 is 0 Å². The molecule has 2 heterocycles. The molecule has 3 N–H and O–H groups in total. The Balaban J connectivity index is 0.00000324. The number of carbonyl (C=O) groups excluding carboxylic acids is 1. The molecule has 0 aliphatic carbocycles. The summed E-state index contributed by atoms with van der Waals surface area (Å²) in [5, 5.41) is 9.33. The summed E-state index contributed by atoms with van der Waals surface area (Å²) in [6.07, 6.45) is 3.11. The van der Waals surface area contributed by atoms with E-state index in [0.29, 0.717) is 30.6 Å². The minimum absolute atomic E-state index is 0. The van der Waals surface area contributed by atoms with Gasteiger partial charge in [0, 0.05) is 17.8 Å². The Kier molecular flexibility index (Phi) is 9.27. The highest BCUT2D eigenvalue weighted by Crippen LogP contribution is 2.18. The van der Waals surface area contributed by atoms with E-state index in [4.69, 9.17) is 8.83 Å². The molecule has 34 heavy (non-hydrogen) atoms. The maximum Gasteiger partial charge on any atom is 0.291 e. The largest absolute Gasteiger partial charge is 0.459 e. The van der Waals surface area contributed by atoms with Crippen LogP contribution in [0.5, 0.6) is 0 Å². The Bertz CT molecular complexity index is 1210. The first-order chi connectivity index (χ1) is 16.2. The molecule has 2 aromatic carbocycles. The van der Waals surface area contributed by atoms with Gasteiger partial charge in [-0.05, 0) is 48.9 Å². The molecule has 0 saturated carbocycles. The second kappa shape index (κ2) is 12.6. The van der Waals surface area contributed by atoms with Crippen LogP contribution in [0.4, 0.5) is 5.69 Å². The van der Waals surface area contributed by atoms with Crippen LogP contribution in [0.1, 0.15) is 28.7 Å². The van der Waals surface area contributed by atoms with Crippen molar-refractivity contribution in [3.63, 3.8) is 0 Å². The molecule has 0 bridgehead atoms. The predicted octanol–water partition coefficient (Wildman–Crippen LogP) is 5.06. The van der Waals surface area contributed by atoms with Crippen molar-refractivity contribution in [3.05, 3.63) is 96.3 Å². The number of aliphatic imine (C=N–C) groups is 1. The number of hydrogen-bond acceptors (Lipinski definition) is 5. The zero-order chi connectivity index (χ0) is 22.9. The standard InChI is InChI=1S/C25H25N5O3.HI/c1-2-26-25(28-16-21-17-33-24(30-21)19-9-4-3-5-10-19)27-15-18-8-6-11-20(14-18)29-23(31)22-12-7-13-32-22;/h3-14,17H,2,15-16H2,1H3,(H,29,31)(H2,26,27,28);1H. The van der Waals surface area contributed by atoms with E-state index in [-0.39, 0.29) is 35.6 Å². The van der Waals surface area contributed by atoms with Crippen LogP contribution >= 0.6 is 24.0 Å². The van der Waals surface area contributed by atoms with Crippen LogP contribution in [0.15, 0.2) is 93.1 Å². The summed E-state index contributed by atoms with van der Waals surface area (Å²) >= 11 is 0. The van der Waals surface area contributed by atoms with Gasteiger partial charge in [0.2, 0.25) is 5.89 Å². The highest BCUT2D eigenvalue weighted by atomic mass is 127. The number of aromatic nitrogens is 1. The molecule has 0 atom stereocenters. The lowest BCUT2D eigenvalue weighted by Gasteiger charge is -2.10. The summed E-state index contributed by atoms with van der Waals surface area (Å²) in [5.41, 5.74) is 3.35. The fraction of sp³-hybridized carbons (Fsp3) is 0.160.